The number of nitriles is 1. The van der Waals surface area contributed by atoms with Crippen molar-refractivity contribution < 1.29 is 19.7 Å². The second-order valence-electron chi connectivity index (χ2n) is 6.01. The van der Waals surface area contributed by atoms with Gasteiger partial charge in [-0.15, -0.1) is 0 Å². The second-order valence-corrected chi connectivity index (χ2v) is 6.01. The van der Waals surface area contributed by atoms with Crippen molar-refractivity contribution in [3.63, 3.8) is 0 Å². The minimum absolute atomic E-state index is 0.0189. The third-order valence-electron chi connectivity index (χ3n) is 4.12. The Morgan fingerprint density at radius 3 is 2.70 bits per heavy atom. The van der Waals surface area contributed by atoms with E-state index in [-0.39, 0.29) is 22.7 Å². The normalized spacial score (nSPS) is 11.7. The van der Waals surface area contributed by atoms with Crippen LogP contribution in [-0.2, 0) is 11.8 Å². The number of esters is 1. The van der Waals surface area contributed by atoms with Crippen LogP contribution in [-0.4, -0.2) is 32.3 Å². The van der Waals surface area contributed by atoms with Crippen LogP contribution < -0.4 is 0 Å². The van der Waals surface area contributed by atoms with Crippen LogP contribution in [0.3, 0.4) is 0 Å². The third kappa shape index (κ3) is 3.46. The number of rotatable bonds is 4. The van der Waals surface area contributed by atoms with Gasteiger partial charge in [-0.25, -0.2) is 9.78 Å². The Morgan fingerprint density at radius 1 is 1.30 bits per heavy atom. The van der Waals surface area contributed by atoms with Gasteiger partial charge in [-0.3, -0.25) is 0 Å². The molecule has 0 spiro atoms. The number of phenolic OH excluding ortho intramolecular Hbond substituents is 1. The maximum atomic E-state index is 12.1. The number of allylic oxidation sites excluding steroid dienone is 1. The summed E-state index contributed by atoms with van der Waals surface area (Å²) in [7, 11) is 1.73. The number of aromatic hydroxyl groups is 1. The van der Waals surface area contributed by atoms with Crippen molar-refractivity contribution in [2.24, 2.45) is 7.05 Å². The number of carbonyl (C=O) groups excluding carboxylic acids is 1. The molecule has 1 aromatic heterocycles. The van der Waals surface area contributed by atoms with Crippen LogP contribution >= 0.6 is 0 Å². The lowest BCUT2D eigenvalue weighted by Gasteiger charge is -2.08. The maximum absolute atomic E-state index is 12.1. The van der Waals surface area contributed by atoms with E-state index in [9.17, 15) is 20.3 Å². The van der Waals surface area contributed by atoms with E-state index in [1.165, 1.54) is 12.1 Å². The first-order valence-corrected chi connectivity index (χ1v) is 8.13. The summed E-state index contributed by atoms with van der Waals surface area (Å²) in [6, 6.07) is 13.8. The average molecular weight is 363 g/mol. The van der Waals surface area contributed by atoms with Crippen molar-refractivity contribution in [2.75, 3.05) is 6.61 Å². The predicted octanol–water partition coefficient (Wildman–Crippen LogP) is 3.24. The molecule has 27 heavy (non-hydrogen) atoms. The summed E-state index contributed by atoms with van der Waals surface area (Å²) in [5.41, 5.74) is 2.16. The van der Waals surface area contributed by atoms with E-state index in [1.54, 1.807) is 30.7 Å². The first-order valence-electron chi connectivity index (χ1n) is 8.13. The van der Waals surface area contributed by atoms with Gasteiger partial charge in [0.2, 0.25) is 0 Å². The van der Waals surface area contributed by atoms with Gasteiger partial charge >= 0.3 is 5.97 Å². The van der Waals surface area contributed by atoms with Crippen molar-refractivity contribution in [3.05, 3.63) is 65.2 Å². The van der Waals surface area contributed by atoms with Crippen LogP contribution in [0.25, 0.3) is 16.6 Å². The highest BCUT2D eigenvalue weighted by atomic mass is 16.5. The van der Waals surface area contributed by atoms with Crippen molar-refractivity contribution in [3.8, 4) is 11.8 Å². The second kappa shape index (κ2) is 7.22. The van der Waals surface area contributed by atoms with Crippen molar-refractivity contribution in [1.82, 2.24) is 9.55 Å². The number of ether oxygens (including phenoxy) is 1. The summed E-state index contributed by atoms with van der Waals surface area (Å²) in [5.74, 6) is -1.16. The maximum Gasteiger partial charge on any atom is 0.342 e. The van der Waals surface area contributed by atoms with Gasteiger partial charge in [-0.1, -0.05) is 18.2 Å². The molecule has 7 nitrogen and oxygen atoms in total. The molecule has 2 aromatic carbocycles. The summed E-state index contributed by atoms with van der Waals surface area (Å²) in [4.78, 5) is 16.5. The molecule has 3 rings (SSSR count). The first-order chi connectivity index (χ1) is 12.9. The quantitative estimate of drug-likeness (QED) is 0.418. The molecule has 136 valence electrons. The molecule has 0 amide bonds. The highest BCUT2D eigenvalue weighted by molar-refractivity contribution is 5.92. The van der Waals surface area contributed by atoms with Crippen molar-refractivity contribution in [2.45, 2.75) is 6.92 Å². The van der Waals surface area contributed by atoms with E-state index < -0.39 is 18.3 Å². The lowest BCUT2D eigenvalue weighted by molar-refractivity contribution is 0.0499. The van der Waals surface area contributed by atoms with Gasteiger partial charge in [-0.05, 0) is 36.8 Å². The van der Waals surface area contributed by atoms with E-state index in [0.717, 1.165) is 11.1 Å². The molecular weight excluding hydrogens is 346 g/mol. The van der Waals surface area contributed by atoms with Crippen LogP contribution in [0.4, 0.5) is 0 Å². The fourth-order valence-corrected chi connectivity index (χ4v) is 2.71. The van der Waals surface area contributed by atoms with Gasteiger partial charge in [0.25, 0.3) is 0 Å². The smallest absolute Gasteiger partial charge is 0.342 e. The van der Waals surface area contributed by atoms with E-state index in [1.807, 2.05) is 24.3 Å². The van der Waals surface area contributed by atoms with Crippen LogP contribution in [0.5, 0.6) is 5.75 Å². The van der Waals surface area contributed by atoms with Gasteiger partial charge in [0, 0.05) is 7.05 Å². The van der Waals surface area contributed by atoms with Gasteiger partial charge in [0.05, 0.1) is 11.0 Å². The molecule has 0 aliphatic rings. The highest BCUT2D eigenvalue weighted by Crippen LogP contribution is 2.23. The number of benzene rings is 2. The minimum Gasteiger partial charge on any atom is -0.507 e. The van der Waals surface area contributed by atoms with E-state index >= 15 is 0 Å². The zero-order chi connectivity index (χ0) is 19.6. The van der Waals surface area contributed by atoms with E-state index in [4.69, 9.17) is 4.74 Å². The number of hydrogen-bond donors (Lipinski definition) is 2. The molecule has 2 N–H and O–H groups in total. The Bertz CT molecular complexity index is 1110. The van der Waals surface area contributed by atoms with Crippen molar-refractivity contribution in [1.29, 1.82) is 5.26 Å². The van der Waals surface area contributed by atoms with Gasteiger partial charge in [0.1, 0.15) is 29.6 Å². The Kier molecular flexibility index (Phi) is 4.81. The van der Waals surface area contributed by atoms with E-state index in [0.29, 0.717) is 5.52 Å². The Labute approximate surface area is 155 Å². The molecule has 7 heteroatoms. The lowest BCUT2D eigenvalue weighted by atomic mass is 10.1. The first kappa shape index (κ1) is 18.0. The molecule has 0 fully saturated rings. The Balaban J connectivity index is 1.86. The molecular formula is C20H17N3O4. The number of aromatic nitrogens is 2. The number of imidazole rings is 1. The zero-order valence-electron chi connectivity index (χ0n) is 14.8. The molecule has 3 aromatic rings. The largest absolute Gasteiger partial charge is 0.507 e. The molecule has 0 saturated heterocycles. The van der Waals surface area contributed by atoms with Crippen LogP contribution in [0.15, 0.2) is 48.2 Å². The van der Waals surface area contributed by atoms with Gasteiger partial charge in [-0.2, -0.15) is 5.26 Å². The van der Waals surface area contributed by atoms with Crippen LogP contribution in [0.1, 0.15) is 21.7 Å². The SMILES string of the molecule is Cc1ccc(C(=O)OC/C(O)=C(\C#N)c2nc3ccccc3n2C)c(O)c1. The van der Waals surface area contributed by atoms with Crippen LogP contribution in [0, 0.1) is 18.3 Å². The third-order valence-corrected chi connectivity index (χ3v) is 4.12. The van der Waals surface area contributed by atoms with E-state index in [2.05, 4.69) is 4.98 Å². The summed E-state index contributed by atoms with van der Waals surface area (Å²) in [5, 5.41) is 29.6. The monoisotopic (exact) mass is 363 g/mol. The number of hydrogen-bond acceptors (Lipinski definition) is 6. The number of para-hydroxylation sites is 2. The molecule has 0 saturated carbocycles. The average Bonchev–Trinajstić information content (AvgIpc) is 2.97. The molecule has 1 heterocycles. The summed E-state index contributed by atoms with van der Waals surface area (Å²) in [6.07, 6.45) is 0. The topological polar surface area (TPSA) is 108 Å². The molecule has 0 aliphatic heterocycles. The predicted molar refractivity (Wildman–Crippen MR) is 99.0 cm³/mol. The highest BCUT2D eigenvalue weighted by Gasteiger charge is 2.19. The number of carbonyl (C=O) groups is 1. The summed E-state index contributed by atoms with van der Waals surface area (Å²) >= 11 is 0. The molecule has 0 radical (unpaired) electrons. The van der Waals surface area contributed by atoms with Gasteiger partial charge < -0.3 is 19.5 Å². The fraction of sp³-hybridized carbons (Fsp3) is 0.150. The number of aliphatic hydroxyl groups excluding tert-OH is 1. The number of fused-ring (bicyclic) bond motifs is 1. The number of aliphatic hydroxyl groups is 1. The lowest BCUT2D eigenvalue weighted by Crippen LogP contribution is -2.10. The molecule has 0 atom stereocenters. The summed E-state index contributed by atoms with van der Waals surface area (Å²) < 4.78 is 6.71. The Hall–Kier alpha value is -3.79. The number of aryl methyl sites for hydroxylation is 2. The van der Waals surface area contributed by atoms with Crippen LogP contribution in [0.2, 0.25) is 0 Å². The standard InChI is InChI=1S/C20H17N3O4/c1-12-7-8-13(17(24)9-12)20(26)27-11-18(25)14(10-21)19-22-15-5-3-4-6-16(15)23(19)2/h3-9,24-25H,11H2,1-2H3/b18-14-. The molecule has 0 unspecified atom stereocenters. The molecule has 0 aliphatic carbocycles. The Morgan fingerprint density at radius 2 is 2.04 bits per heavy atom. The van der Waals surface area contributed by atoms with Gasteiger partial charge in [0.15, 0.2) is 11.6 Å². The number of phenols is 1. The number of nitrogens with zero attached hydrogens (tertiary/aromatic N) is 3. The fourth-order valence-electron chi connectivity index (χ4n) is 2.71. The zero-order valence-corrected chi connectivity index (χ0v) is 14.8. The van der Waals surface area contributed by atoms with Crippen molar-refractivity contribution >= 4 is 22.6 Å². The summed E-state index contributed by atoms with van der Waals surface area (Å²) in [6.45, 7) is 1.26. The minimum atomic E-state index is -0.804. The molecule has 0 bridgehead atoms.